The topological polar surface area (TPSA) is 12.0 Å². The molecule has 0 aromatic carbocycles. The average Bonchev–Trinajstić information content (AvgIpc) is 2.25. The van der Waals surface area contributed by atoms with Crippen LogP contribution in [-0.4, -0.2) is 12.6 Å². The number of terminal acetylenes is 1. The van der Waals surface area contributed by atoms with Crippen molar-refractivity contribution >= 4 is 0 Å². The van der Waals surface area contributed by atoms with Crippen molar-refractivity contribution in [2.75, 3.05) is 6.54 Å². The van der Waals surface area contributed by atoms with Crippen molar-refractivity contribution in [3.63, 3.8) is 0 Å². The van der Waals surface area contributed by atoms with Crippen LogP contribution in [0.3, 0.4) is 0 Å². The first-order valence-electron chi connectivity index (χ1n) is 6.45. The molecule has 0 aromatic heterocycles. The first-order valence-corrected chi connectivity index (χ1v) is 6.45. The van der Waals surface area contributed by atoms with Gasteiger partial charge in [-0.25, -0.2) is 0 Å². The molecule has 1 saturated carbocycles. The Labute approximate surface area is 95.0 Å². The third kappa shape index (κ3) is 4.71. The van der Waals surface area contributed by atoms with E-state index in [1.54, 1.807) is 0 Å². The van der Waals surface area contributed by atoms with E-state index < -0.39 is 0 Å². The fraction of sp³-hybridized carbons (Fsp3) is 0.857. The molecule has 3 unspecified atom stereocenters. The highest BCUT2D eigenvalue weighted by Gasteiger charge is 2.18. The van der Waals surface area contributed by atoms with Crippen LogP contribution < -0.4 is 5.32 Å². The van der Waals surface area contributed by atoms with Gasteiger partial charge in [0.05, 0.1) is 6.04 Å². The third-order valence-electron chi connectivity index (χ3n) is 3.60. The lowest BCUT2D eigenvalue weighted by atomic mass is 9.81. The summed E-state index contributed by atoms with van der Waals surface area (Å²) in [7, 11) is 0. The first kappa shape index (κ1) is 12.6. The number of nitrogens with one attached hydrogen (secondary N) is 1. The van der Waals surface area contributed by atoms with Gasteiger partial charge in [-0.05, 0) is 37.6 Å². The van der Waals surface area contributed by atoms with Gasteiger partial charge < -0.3 is 5.32 Å². The number of hydrogen-bond acceptors (Lipinski definition) is 1. The van der Waals surface area contributed by atoms with Gasteiger partial charge in [-0.15, -0.1) is 6.42 Å². The molecule has 1 nitrogen and oxygen atoms in total. The Bertz CT molecular complexity index is 204. The van der Waals surface area contributed by atoms with Gasteiger partial charge in [-0.3, -0.25) is 0 Å². The van der Waals surface area contributed by atoms with Crippen LogP contribution in [0.15, 0.2) is 0 Å². The maximum absolute atomic E-state index is 5.41. The Morgan fingerprint density at radius 2 is 2.27 bits per heavy atom. The van der Waals surface area contributed by atoms with Gasteiger partial charge in [0.15, 0.2) is 0 Å². The summed E-state index contributed by atoms with van der Waals surface area (Å²) in [5, 5.41) is 3.45. The van der Waals surface area contributed by atoms with E-state index in [0.29, 0.717) is 0 Å². The van der Waals surface area contributed by atoms with Crippen LogP contribution in [0, 0.1) is 24.2 Å². The van der Waals surface area contributed by atoms with Gasteiger partial charge in [0.1, 0.15) is 0 Å². The van der Waals surface area contributed by atoms with E-state index in [1.807, 2.05) is 0 Å². The maximum atomic E-state index is 5.41. The molecular formula is C14H25N. The molecule has 0 bridgehead atoms. The molecule has 1 aliphatic carbocycles. The van der Waals surface area contributed by atoms with Crippen molar-refractivity contribution in [2.45, 2.75) is 58.4 Å². The number of hydrogen-bond donors (Lipinski definition) is 1. The van der Waals surface area contributed by atoms with Crippen molar-refractivity contribution < 1.29 is 0 Å². The second kappa shape index (κ2) is 6.90. The minimum atomic E-state index is 0.283. The van der Waals surface area contributed by atoms with Gasteiger partial charge in [0.2, 0.25) is 0 Å². The number of rotatable bonds is 5. The summed E-state index contributed by atoms with van der Waals surface area (Å²) in [5.41, 5.74) is 0. The van der Waals surface area contributed by atoms with Crippen molar-refractivity contribution in [2.24, 2.45) is 11.8 Å². The second-order valence-electron chi connectivity index (χ2n) is 5.01. The van der Waals surface area contributed by atoms with Crippen molar-refractivity contribution in [3.05, 3.63) is 0 Å². The zero-order valence-corrected chi connectivity index (χ0v) is 10.3. The van der Waals surface area contributed by atoms with Gasteiger partial charge in [-0.2, -0.15) is 0 Å². The lowest BCUT2D eigenvalue weighted by Crippen LogP contribution is -2.29. The molecule has 15 heavy (non-hydrogen) atoms. The normalized spacial score (nSPS) is 28.3. The van der Waals surface area contributed by atoms with Gasteiger partial charge >= 0.3 is 0 Å². The van der Waals surface area contributed by atoms with Crippen molar-refractivity contribution in [1.29, 1.82) is 0 Å². The molecule has 0 amide bonds. The first-order chi connectivity index (χ1) is 7.26. The summed E-state index contributed by atoms with van der Waals surface area (Å²) in [5.74, 6) is 4.67. The quantitative estimate of drug-likeness (QED) is 0.683. The lowest BCUT2D eigenvalue weighted by Gasteiger charge is -2.27. The monoisotopic (exact) mass is 207 g/mol. The van der Waals surface area contributed by atoms with E-state index in [-0.39, 0.29) is 6.04 Å². The maximum Gasteiger partial charge on any atom is 0.0684 e. The molecule has 0 radical (unpaired) electrons. The summed E-state index contributed by atoms with van der Waals surface area (Å²) in [4.78, 5) is 0. The summed E-state index contributed by atoms with van der Waals surface area (Å²) >= 11 is 0. The predicted molar refractivity (Wildman–Crippen MR) is 66.7 cm³/mol. The van der Waals surface area contributed by atoms with Crippen molar-refractivity contribution in [1.82, 2.24) is 5.32 Å². The molecular weight excluding hydrogens is 182 g/mol. The fourth-order valence-corrected chi connectivity index (χ4v) is 2.60. The molecule has 0 aliphatic heterocycles. The molecule has 1 N–H and O–H groups in total. The Kier molecular flexibility index (Phi) is 5.79. The fourth-order valence-electron chi connectivity index (χ4n) is 2.60. The highest BCUT2D eigenvalue weighted by molar-refractivity contribution is 4.97. The Morgan fingerprint density at radius 1 is 1.47 bits per heavy atom. The smallest absolute Gasteiger partial charge is 0.0684 e. The molecule has 0 spiro atoms. The van der Waals surface area contributed by atoms with E-state index in [9.17, 15) is 0 Å². The summed E-state index contributed by atoms with van der Waals surface area (Å²) in [6.45, 7) is 5.62. The molecule has 1 rings (SSSR count). The molecule has 0 aromatic rings. The Hall–Kier alpha value is -0.480. The van der Waals surface area contributed by atoms with Crippen LogP contribution in [0.4, 0.5) is 0 Å². The minimum absolute atomic E-state index is 0.283. The van der Waals surface area contributed by atoms with Crippen LogP contribution in [0.5, 0.6) is 0 Å². The lowest BCUT2D eigenvalue weighted by molar-refractivity contribution is 0.266. The predicted octanol–water partition coefficient (Wildman–Crippen LogP) is 3.20. The van der Waals surface area contributed by atoms with Crippen LogP contribution in [0.2, 0.25) is 0 Å². The van der Waals surface area contributed by atoms with Crippen LogP contribution in [0.1, 0.15) is 52.4 Å². The molecule has 1 fully saturated rings. The van der Waals surface area contributed by atoms with E-state index in [2.05, 4.69) is 25.1 Å². The van der Waals surface area contributed by atoms with Crippen LogP contribution in [0.25, 0.3) is 0 Å². The zero-order valence-electron chi connectivity index (χ0n) is 10.3. The van der Waals surface area contributed by atoms with E-state index in [1.165, 1.54) is 32.1 Å². The van der Waals surface area contributed by atoms with E-state index in [4.69, 9.17) is 6.42 Å². The molecule has 1 heteroatoms. The summed E-state index contributed by atoms with van der Waals surface area (Å²) < 4.78 is 0. The Balaban J connectivity index is 2.11. The van der Waals surface area contributed by atoms with Gasteiger partial charge in [-0.1, -0.05) is 39.0 Å². The molecule has 86 valence electrons. The Morgan fingerprint density at radius 3 is 2.87 bits per heavy atom. The second-order valence-corrected chi connectivity index (χ2v) is 5.01. The summed E-state index contributed by atoms with van der Waals surface area (Å²) in [6, 6.07) is 0.283. The molecule has 0 heterocycles. The average molecular weight is 207 g/mol. The van der Waals surface area contributed by atoms with E-state index in [0.717, 1.165) is 24.8 Å². The molecule has 3 atom stereocenters. The molecule has 0 saturated heterocycles. The van der Waals surface area contributed by atoms with Gasteiger partial charge in [0, 0.05) is 0 Å². The van der Waals surface area contributed by atoms with E-state index >= 15 is 0 Å². The standard InChI is InChI=1S/C14H25N/c1-4-14(5-2)15-10-9-13-8-6-7-12(3)11-13/h1,12-15H,5-11H2,2-3H3. The van der Waals surface area contributed by atoms with Gasteiger partial charge in [0.25, 0.3) is 0 Å². The minimum Gasteiger partial charge on any atom is -0.304 e. The highest BCUT2D eigenvalue weighted by atomic mass is 14.9. The largest absolute Gasteiger partial charge is 0.304 e. The van der Waals surface area contributed by atoms with Crippen LogP contribution >= 0.6 is 0 Å². The van der Waals surface area contributed by atoms with Crippen LogP contribution in [-0.2, 0) is 0 Å². The molecule has 1 aliphatic rings. The summed E-state index contributed by atoms with van der Waals surface area (Å²) in [6.07, 6.45) is 13.5. The zero-order chi connectivity index (χ0) is 11.1. The van der Waals surface area contributed by atoms with Crippen molar-refractivity contribution in [3.8, 4) is 12.3 Å². The SMILES string of the molecule is C#CC(CC)NCCC1CCCC(C)C1. The highest BCUT2D eigenvalue weighted by Crippen LogP contribution is 2.30. The third-order valence-corrected chi connectivity index (χ3v) is 3.60.